The van der Waals surface area contributed by atoms with E-state index in [4.69, 9.17) is 14.7 Å². The number of rotatable bonds is 12. The lowest BCUT2D eigenvalue weighted by Crippen LogP contribution is -2.63. The maximum absolute atomic E-state index is 13.7. The maximum atomic E-state index is 13.7. The highest BCUT2D eigenvalue weighted by molar-refractivity contribution is 5.86. The van der Waals surface area contributed by atoms with Gasteiger partial charge < -0.3 is 25.2 Å². The van der Waals surface area contributed by atoms with E-state index in [0.29, 0.717) is 30.2 Å². The molecule has 0 saturated carbocycles. The van der Waals surface area contributed by atoms with Crippen molar-refractivity contribution >= 4 is 17.9 Å². The van der Waals surface area contributed by atoms with Crippen molar-refractivity contribution < 1.29 is 9.53 Å². The van der Waals surface area contributed by atoms with Gasteiger partial charge in [0.15, 0.2) is 11.9 Å². The molecule has 6 rings (SSSR count). The van der Waals surface area contributed by atoms with E-state index >= 15 is 0 Å². The van der Waals surface area contributed by atoms with E-state index in [1.165, 1.54) is 77.0 Å². The van der Waals surface area contributed by atoms with Crippen LogP contribution in [0, 0.1) is 5.92 Å². The monoisotopic (exact) mass is 568 g/mol. The first-order chi connectivity index (χ1) is 19.9. The van der Waals surface area contributed by atoms with Crippen molar-refractivity contribution in [2.45, 2.75) is 185 Å². The van der Waals surface area contributed by atoms with Crippen LogP contribution in [-0.4, -0.2) is 82.1 Å². The molecule has 8 nitrogen and oxygen atoms in total. The molecule has 0 radical (unpaired) electrons. The molecule has 41 heavy (non-hydrogen) atoms. The maximum Gasteiger partial charge on any atom is 0.313 e. The second-order valence-corrected chi connectivity index (χ2v) is 14.3. The van der Waals surface area contributed by atoms with E-state index in [1.807, 2.05) is 0 Å². The Balaban J connectivity index is 1.01. The number of esters is 1. The molecule has 0 bridgehead atoms. The Morgan fingerprint density at radius 3 is 2.37 bits per heavy atom. The summed E-state index contributed by atoms with van der Waals surface area (Å²) in [6.45, 7) is 8.73. The van der Waals surface area contributed by atoms with Gasteiger partial charge in [-0.3, -0.25) is 4.79 Å². The predicted octanol–water partition coefficient (Wildman–Crippen LogP) is 5.36. The molecule has 0 amide bonds. The van der Waals surface area contributed by atoms with E-state index in [-0.39, 0.29) is 36.1 Å². The van der Waals surface area contributed by atoms with Crippen LogP contribution in [0.3, 0.4) is 0 Å². The molecule has 230 valence electrons. The van der Waals surface area contributed by atoms with Crippen molar-refractivity contribution in [1.29, 1.82) is 0 Å². The number of aliphatic imine (C=N–C) groups is 2. The molecular formula is C33H56N6O2. The summed E-state index contributed by atoms with van der Waals surface area (Å²) in [6, 6.07) is 3.12. The zero-order chi connectivity index (χ0) is 28.5. The van der Waals surface area contributed by atoms with Crippen LogP contribution in [0.4, 0.5) is 0 Å². The second kappa shape index (κ2) is 12.7. The first kappa shape index (κ1) is 29.1. The summed E-state index contributed by atoms with van der Waals surface area (Å²) < 4.78 is 6.19. The number of guanidine groups is 2. The molecule has 0 aromatic rings. The molecule has 10 atom stereocenters. The summed E-state index contributed by atoms with van der Waals surface area (Å²) in [5, 5.41) is 7.42. The molecule has 6 aliphatic heterocycles. The highest BCUT2D eigenvalue weighted by Gasteiger charge is 2.51. The van der Waals surface area contributed by atoms with Crippen LogP contribution in [-0.2, 0) is 9.53 Å². The van der Waals surface area contributed by atoms with Crippen LogP contribution >= 0.6 is 0 Å². The van der Waals surface area contributed by atoms with Crippen molar-refractivity contribution in [1.82, 2.24) is 20.4 Å². The molecule has 6 heterocycles. The molecule has 0 spiro atoms. The number of nitrogens with one attached hydrogen (secondary N) is 2. The molecule has 2 N–H and O–H groups in total. The van der Waals surface area contributed by atoms with Gasteiger partial charge in [-0.05, 0) is 72.1 Å². The molecule has 0 aliphatic carbocycles. The number of nitrogens with zero attached hydrogens (tertiary/aromatic N) is 4. The minimum absolute atomic E-state index is 0.0543. The Labute approximate surface area is 248 Å². The Bertz CT molecular complexity index is 985. The summed E-state index contributed by atoms with van der Waals surface area (Å²) in [7, 11) is 0. The fourth-order valence-corrected chi connectivity index (χ4v) is 9.09. The van der Waals surface area contributed by atoms with Crippen molar-refractivity contribution in [2.75, 3.05) is 0 Å². The lowest BCUT2D eigenvalue weighted by Gasteiger charge is -2.47. The average molecular weight is 569 g/mol. The fourth-order valence-electron chi connectivity index (χ4n) is 9.09. The van der Waals surface area contributed by atoms with Crippen molar-refractivity contribution in [3.8, 4) is 0 Å². The van der Waals surface area contributed by atoms with E-state index in [0.717, 1.165) is 37.6 Å². The van der Waals surface area contributed by atoms with Crippen LogP contribution < -0.4 is 10.6 Å². The lowest BCUT2D eigenvalue weighted by atomic mass is 9.89. The van der Waals surface area contributed by atoms with Crippen molar-refractivity contribution in [2.24, 2.45) is 15.9 Å². The van der Waals surface area contributed by atoms with Gasteiger partial charge in [0.2, 0.25) is 0 Å². The summed E-state index contributed by atoms with van der Waals surface area (Å²) >= 11 is 0. The standard InChI is InChI=1S/C33H56N6O2/c1-5-6-7-8-9-10-11-12-24-19-28-15-16-29-30(23(4)35-33(36-24)39(28)29)31(40)41-22(3)18-25-20-27-14-13-26-17-21(2)34-32(37-25)38(26)27/h21-30H,5-20H2,1-4H3,(H,34,37)(H,35,36)/t21-,22+,23+,24-,25+,26+,27-,28+,29-,30-/m0/s1. The van der Waals surface area contributed by atoms with Gasteiger partial charge in [-0.25, -0.2) is 9.98 Å². The summed E-state index contributed by atoms with van der Waals surface area (Å²) in [6.07, 6.45) is 19.6. The smallest absolute Gasteiger partial charge is 0.313 e. The molecule has 8 heteroatoms. The highest BCUT2D eigenvalue weighted by Crippen LogP contribution is 2.40. The number of ether oxygens (including phenoxy) is 1. The quantitative estimate of drug-likeness (QED) is 0.244. The summed E-state index contributed by atoms with van der Waals surface area (Å²) in [4.78, 5) is 28.9. The van der Waals surface area contributed by atoms with Crippen molar-refractivity contribution in [3.05, 3.63) is 0 Å². The highest BCUT2D eigenvalue weighted by atomic mass is 16.5. The number of hydrogen-bond acceptors (Lipinski definition) is 8. The van der Waals surface area contributed by atoms with E-state index < -0.39 is 0 Å². The third kappa shape index (κ3) is 6.22. The SMILES string of the molecule is CCCCCCCCC[C@H]1C[C@H]2CC[C@H]3[C@@H](C(=O)O[C@H](C)C[C@@H]4C[C@@H]5CC[C@@H]6C[C@H](C)NC(=N4)N65)[C@@H](C)N=C(N1)N23. The van der Waals surface area contributed by atoms with Gasteiger partial charge in [0.25, 0.3) is 0 Å². The number of unbranched alkanes of at least 4 members (excludes halogenated alkanes) is 6. The molecule has 0 unspecified atom stereocenters. The molecule has 0 aromatic carbocycles. The van der Waals surface area contributed by atoms with Gasteiger partial charge in [0.1, 0.15) is 6.10 Å². The first-order valence-corrected chi connectivity index (χ1v) is 17.4. The topological polar surface area (TPSA) is 81.6 Å². The van der Waals surface area contributed by atoms with Gasteiger partial charge in [-0.15, -0.1) is 0 Å². The zero-order valence-electron chi connectivity index (χ0n) is 26.2. The number of hydrogen-bond donors (Lipinski definition) is 2. The van der Waals surface area contributed by atoms with E-state index in [9.17, 15) is 4.79 Å². The van der Waals surface area contributed by atoms with Gasteiger partial charge in [0.05, 0.1) is 18.0 Å². The van der Waals surface area contributed by atoms with E-state index in [2.05, 4.69) is 48.1 Å². The third-order valence-electron chi connectivity index (χ3n) is 11.0. The number of carbonyl (C=O) groups is 1. The Morgan fingerprint density at radius 2 is 1.56 bits per heavy atom. The van der Waals surface area contributed by atoms with Gasteiger partial charge >= 0.3 is 5.97 Å². The molecule has 4 saturated heterocycles. The van der Waals surface area contributed by atoms with Crippen LogP contribution in [0.2, 0.25) is 0 Å². The molecular weight excluding hydrogens is 512 g/mol. The predicted molar refractivity (Wildman–Crippen MR) is 165 cm³/mol. The Kier molecular flexibility index (Phi) is 9.02. The minimum Gasteiger partial charge on any atom is -0.462 e. The normalized spacial score (nSPS) is 37.8. The zero-order valence-corrected chi connectivity index (χ0v) is 26.2. The average Bonchev–Trinajstić information content (AvgIpc) is 3.53. The minimum atomic E-state index is -0.183. The van der Waals surface area contributed by atoms with Crippen LogP contribution in [0.1, 0.15) is 130 Å². The van der Waals surface area contributed by atoms with Gasteiger partial charge in [-0.1, -0.05) is 51.9 Å². The Morgan fingerprint density at radius 1 is 0.878 bits per heavy atom. The first-order valence-electron chi connectivity index (χ1n) is 17.4. The molecule has 0 aromatic heterocycles. The third-order valence-corrected chi connectivity index (χ3v) is 11.0. The second-order valence-electron chi connectivity index (χ2n) is 14.3. The van der Waals surface area contributed by atoms with Crippen LogP contribution in [0.5, 0.6) is 0 Å². The fraction of sp³-hybridized carbons (Fsp3) is 0.909. The Hall–Kier alpha value is -1.99. The molecule has 4 fully saturated rings. The van der Waals surface area contributed by atoms with Crippen LogP contribution in [0.15, 0.2) is 9.98 Å². The number of carbonyl (C=O) groups excluding carboxylic acids is 1. The van der Waals surface area contributed by atoms with E-state index in [1.54, 1.807) is 0 Å². The summed E-state index contributed by atoms with van der Waals surface area (Å²) in [5.41, 5.74) is 0. The van der Waals surface area contributed by atoms with Crippen molar-refractivity contribution in [3.63, 3.8) is 0 Å². The summed E-state index contributed by atoms with van der Waals surface area (Å²) in [5.74, 6) is 1.90. The van der Waals surface area contributed by atoms with Crippen LogP contribution in [0.25, 0.3) is 0 Å². The largest absolute Gasteiger partial charge is 0.462 e. The van der Waals surface area contributed by atoms with Gasteiger partial charge in [-0.2, -0.15) is 0 Å². The van der Waals surface area contributed by atoms with Gasteiger partial charge in [0, 0.05) is 42.7 Å². The lowest BCUT2D eigenvalue weighted by molar-refractivity contribution is -0.156. The molecule has 6 aliphatic rings.